The number of nitrogens with one attached hydrogen (secondary N) is 1. The summed E-state index contributed by atoms with van der Waals surface area (Å²) in [6.45, 7) is 2.96. The average molecular weight is 361 g/mol. The van der Waals surface area contributed by atoms with Gasteiger partial charge in [0.05, 0.1) is 12.0 Å². The number of fused-ring (bicyclic) bond motifs is 2. The first-order valence-electron chi connectivity index (χ1n) is 9.71. The Hall–Kier alpha value is -2.66. The molecule has 0 aromatic heterocycles. The fourth-order valence-corrected chi connectivity index (χ4v) is 4.74. The van der Waals surface area contributed by atoms with Crippen LogP contribution in [0.5, 0.6) is 0 Å². The van der Waals surface area contributed by atoms with Gasteiger partial charge in [0.1, 0.15) is 0 Å². The zero-order valence-corrected chi connectivity index (χ0v) is 15.3. The number of carbonyl (C=O) groups excluding carboxylic acids is 2. The summed E-state index contributed by atoms with van der Waals surface area (Å²) in [5.41, 5.74) is 3.81. The molecule has 3 aliphatic rings. The first-order valence-corrected chi connectivity index (χ1v) is 9.71. The van der Waals surface area contributed by atoms with Crippen molar-refractivity contribution in [2.45, 2.75) is 31.2 Å². The number of rotatable bonds is 3. The van der Waals surface area contributed by atoms with Gasteiger partial charge in [-0.2, -0.15) is 0 Å². The summed E-state index contributed by atoms with van der Waals surface area (Å²) in [6.07, 6.45) is 2.42. The van der Waals surface area contributed by atoms with Crippen LogP contribution in [-0.2, 0) is 21.5 Å². The highest BCUT2D eigenvalue weighted by Gasteiger charge is 2.52. The zero-order valence-electron chi connectivity index (χ0n) is 15.3. The van der Waals surface area contributed by atoms with Gasteiger partial charge in [0.2, 0.25) is 11.8 Å². The lowest BCUT2D eigenvalue weighted by Gasteiger charge is -2.23. The van der Waals surface area contributed by atoms with Crippen LogP contribution in [0.4, 0.5) is 11.4 Å². The molecule has 138 valence electrons. The Bertz CT molecular complexity index is 900. The molecule has 0 bridgehead atoms. The number of carbonyl (C=O) groups is 2. The number of hydrogen-bond acceptors (Lipinski definition) is 3. The number of amides is 2. The molecule has 0 radical (unpaired) electrons. The molecule has 5 heteroatoms. The van der Waals surface area contributed by atoms with Crippen LogP contribution >= 0.6 is 0 Å². The first kappa shape index (κ1) is 16.5. The Morgan fingerprint density at radius 1 is 1.04 bits per heavy atom. The Morgan fingerprint density at radius 3 is 2.56 bits per heavy atom. The fraction of sp³-hybridized carbons (Fsp3) is 0.364. The summed E-state index contributed by atoms with van der Waals surface area (Å²) < 4.78 is 0. The van der Waals surface area contributed by atoms with Gasteiger partial charge in [0, 0.05) is 30.9 Å². The second-order valence-electron chi connectivity index (χ2n) is 7.73. The van der Waals surface area contributed by atoms with E-state index < -0.39 is 5.41 Å². The Morgan fingerprint density at radius 2 is 1.85 bits per heavy atom. The number of nitrogens with zero attached hydrogens (tertiary/aromatic N) is 2. The van der Waals surface area contributed by atoms with Gasteiger partial charge in [-0.3, -0.25) is 9.59 Å². The molecule has 3 heterocycles. The van der Waals surface area contributed by atoms with Gasteiger partial charge in [0.25, 0.3) is 0 Å². The zero-order chi connectivity index (χ0) is 18.4. The van der Waals surface area contributed by atoms with Crippen molar-refractivity contribution in [2.24, 2.45) is 0 Å². The first-order chi connectivity index (χ1) is 13.2. The van der Waals surface area contributed by atoms with Crippen molar-refractivity contribution in [1.82, 2.24) is 5.32 Å². The Labute approximate surface area is 159 Å². The molecule has 2 amide bonds. The van der Waals surface area contributed by atoms with Crippen molar-refractivity contribution in [2.75, 3.05) is 29.4 Å². The predicted octanol–water partition coefficient (Wildman–Crippen LogP) is 2.59. The van der Waals surface area contributed by atoms with E-state index in [1.807, 2.05) is 46.2 Å². The van der Waals surface area contributed by atoms with Gasteiger partial charge < -0.3 is 15.1 Å². The molecule has 1 atom stereocenters. The summed E-state index contributed by atoms with van der Waals surface area (Å²) in [4.78, 5) is 29.0. The molecule has 27 heavy (non-hydrogen) atoms. The van der Waals surface area contributed by atoms with Crippen LogP contribution < -0.4 is 15.1 Å². The summed E-state index contributed by atoms with van der Waals surface area (Å²) in [5, 5.41) is 3.37. The molecule has 0 aliphatic carbocycles. The predicted molar refractivity (Wildman–Crippen MR) is 105 cm³/mol. The van der Waals surface area contributed by atoms with E-state index in [1.54, 1.807) is 0 Å². The maximum Gasteiger partial charge on any atom is 0.239 e. The number of hydrogen-bond donors (Lipinski definition) is 1. The Balaban J connectivity index is 1.42. The molecule has 1 spiro atoms. The van der Waals surface area contributed by atoms with Crippen LogP contribution in [0.15, 0.2) is 48.5 Å². The maximum absolute atomic E-state index is 13.3. The number of benzene rings is 2. The molecular weight excluding hydrogens is 338 g/mol. The minimum Gasteiger partial charge on any atom is -0.315 e. The van der Waals surface area contributed by atoms with E-state index in [9.17, 15) is 9.59 Å². The second kappa shape index (κ2) is 6.20. The summed E-state index contributed by atoms with van der Waals surface area (Å²) in [6, 6.07) is 16.2. The molecule has 0 saturated carbocycles. The Kier molecular flexibility index (Phi) is 3.79. The third-order valence-corrected chi connectivity index (χ3v) is 6.18. The topological polar surface area (TPSA) is 52.7 Å². The molecular formula is C22H23N3O2. The normalized spacial score (nSPS) is 24.3. The van der Waals surface area contributed by atoms with Crippen molar-refractivity contribution in [3.63, 3.8) is 0 Å². The third kappa shape index (κ3) is 2.49. The minimum atomic E-state index is -0.404. The summed E-state index contributed by atoms with van der Waals surface area (Å²) >= 11 is 0. The van der Waals surface area contributed by atoms with Crippen LogP contribution in [0.25, 0.3) is 0 Å². The molecule has 5 rings (SSSR count). The van der Waals surface area contributed by atoms with Crippen molar-refractivity contribution in [3.05, 3.63) is 59.7 Å². The molecule has 5 nitrogen and oxygen atoms in total. The average Bonchev–Trinajstić information content (AvgIpc) is 3.40. The molecule has 2 fully saturated rings. The summed E-state index contributed by atoms with van der Waals surface area (Å²) in [5.74, 6) is 0.398. The minimum absolute atomic E-state index is 0.196. The van der Waals surface area contributed by atoms with Gasteiger partial charge in [0.15, 0.2) is 0 Å². The van der Waals surface area contributed by atoms with Gasteiger partial charge >= 0.3 is 0 Å². The monoisotopic (exact) mass is 361 g/mol. The highest BCUT2D eigenvalue weighted by Crippen LogP contribution is 2.45. The molecule has 1 unspecified atom stereocenters. The second-order valence-corrected chi connectivity index (χ2v) is 7.73. The summed E-state index contributed by atoms with van der Waals surface area (Å²) in [7, 11) is 0. The van der Waals surface area contributed by atoms with E-state index in [0.717, 1.165) is 55.0 Å². The quantitative estimate of drug-likeness (QED) is 0.914. The van der Waals surface area contributed by atoms with Crippen LogP contribution in [-0.4, -0.2) is 31.4 Å². The number of anilines is 2. The van der Waals surface area contributed by atoms with Gasteiger partial charge in [-0.15, -0.1) is 0 Å². The maximum atomic E-state index is 13.3. The third-order valence-electron chi connectivity index (χ3n) is 6.18. The van der Waals surface area contributed by atoms with Gasteiger partial charge in [-0.1, -0.05) is 30.3 Å². The molecule has 3 aliphatic heterocycles. The van der Waals surface area contributed by atoms with Crippen molar-refractivity contribution >= 4 is 23.2 Å². The highest BCUT2D eigenvalue weighted by molar-refractivity contribution is 6.08. The lowest BCUT2D eigenvalue weighted by molar-refractivity contribution is -0.122. The smallest absolute Gasteiger partial charge is 0.239 e. The van der Waals surface area contributed by atoms with Crippen LogP contribution in [0.3, 0.4) is 0 Å². The van der Waals surface area contributed by atoms with E-state index in [1.165, 1.54) is 0 Å². The van der Waals surface area contributed by atoms with Gasteiger partial charge in [-0.25, -0.2) is 0 Å². The largest absolute Gasteiger partial charge is 0.315 e. The van der Waals surface area contributed by atoms with Crippen LogP contribution in [0.2, 0.25) is 0 Å². The van der Waals surface area contributed by atoms with E-state index >= 15 is 0 Å². The fourth-order valence-electron chi connectivity index (χ4n) is 4.74. The van der Waals surface area contributed by atoms with E-state index in [4.69, 9.17) is 0 Å². The van der Waals surface area contributed by atoms with Crippen LogP contribution in [0.1, 0.15) is 30.4 Å². The lowest BCUT2D eigenvalue weighted by atomic mass is 9.81. The molecule has 1 N–H and O–H groups in total. The van der Waals surface area contributed by atoms with E-state index in [0.29, 0.717) is 13.0 Å². The molecule has 2 aromatic carbocycles. The van der Waals surface area contributed by atoms with Crippen molar-refractivity contribution in [3.8, 4) is 0 Å². The SMILES string of the molecule is O=C1CCCN1c1ccc(CN2C(=O)C3(CCNC3)c3ccccc32)cc1. The lowest BCUT2D eigenvalue weighted by Crippen LogP contribution is -2.41. The van der Waals surface area contributed by atoms with E-state index in [2.05, 4.69) is 17.4 Å². The van der Waals surface area contributed by atoms with Gasteiger partial charge in [-0.05, 0) is 48.7 Å². The standard InChI is InChI=1S/C22H23N3O2/c26-20-6-3-13-24(20)17-9-7-16(8-10-17)14-25-19-5-2-1-4-18(19)22(21(25)27)11-12-23-15-22/h1-2,4-5,7-10,23H,3,6,11-15H2. The van der Waals surface area contributed by atoms with Crippen LogP contribution in [0, 0.1) is 0 Å². The molecule has 2 saturated heterocycles. The number of para-hydroxylation sites is 1. The highest BCUT2D eigenvalue weighted by atomic mass is 16.2. The molecule has 2 aromatic rings. The van der Waals surface area contributed by atoms with E-state index in [-0.39, 0.29) is 11.8 Å². The van der Waals surface area contributed by atoms with Crippen molar-refractivity contribution in [1.29, 1.82) is 0 Å². The van der Waals surface area contributed by atoms with Crippen molar-refractivity contribution < 1.29 is 9.59 Å².